The van der Waals surface area contributed by atoms with Crippen LogP contribution in [-0.4, -0.2) is 39.8 Å². The number of rotatable bonds is 8. The van der Waals surface area contributed by atoms with E-state index in [1.54, 1.807) is 0 Å². The van der Waals surface area contributed by atoms with Crippen molar-refractivity contribution in [2.75, 3.05) is 18.5 Å². The molecule has 1 aliphatic carbocycles. The first-order valence-corrected chi connectivity index (χ1v) is 13.4. The Kier molecular flexibility index (Phi) is 7.35. The van der Waals surface area contributed by atoms with Crippen molar-refractivity contribution in [2.45, 2.75) is 65.6 Å². The third kappa shape index (κ3) is 5.60. The van der Waals surface area contributed by atoms with Crippen LogP contribution in [0.3, 0.4) is 0 Å². The monoisotopic (exact) mass is 506 g/mol. The number of benzene rings is 2. The number of amides is 1. The molecule has 1 aliphatic heterocycles. The molecule has 7 heteroatoms. The lowest BCUT2D eigenvalue weighted by Gasteiger charge is -2.40. The molecule has 1 amide bonds. The second kappa shape index (κ2) is 10.7. The number of aromatic nitrogens is 2. The average molecular weight is 507 g/mol. The van der Waals surface area contributed by atoms with Crippen LogP contribution in [0, 0.1) is 12.8 Å². The van der Waals surface area contributed by atoms with Gasteiger partial charge in [-0.15, -0.1) is 0 Å². The molecular weight excluding hydrogens is 472 g/mol. The molecule has 1 aromatic heterocycles. The number of nitrogens with one attached hydrogen (secondary N) is 1. The van der Waals surface area contributed by atoms with Crippen molar-refractivity contribution < 1.29 is 9.53 Å². The van der Waals surface area contributed by atoms with Crippen LogP contribution in [0.15, 0.2) is 42.5 Å². The van der Waals surface area contributed by atoms with Crippen molar-refractivity contribution in [3.8, 4) is 5.75 Å². The Bertz CT molecular complexity index is 1250. The first-order chi connectivity index (χ1) is 17.4. The third-order valence-electron chi connectivity index (χ3n) is 7.24. The van der Waals surface area contributed by atoms with E-state index in [1.165, 1.54) is 30.4 Å². The molecule has 6 nitrogen and oxygen atoms in total. The fraction of sp³-hybridized carbons (Fsp3) is 0.448. The van der Waals surface area contributed by atoms with Gasteiger partial charge in [-0.25, -0.2) is 0 Å². The Hall–Kier alpha value is -2.83. The minimum atomic E-state index is -0.132. The van der Waals surface area contributed by atoms with Crippen molar-refractivity contribution in [3.05, 3.63) is 75.4 Å². The van der Waals surface area contributed by atoms with Crippen molar-refractivity contribution in [3.63, 3.8) is 0 Å². The van der Waals surface area contributed by atoms with E-state index in [0.29, 0.717) is 35.5 Å². The maximum atomic E-state index is 13.0. The summed E-state index contributed by atoms with van der Waals surface area (Å²) in [5.74, 6) is 1.64. The predicted molar refractivity (Wildman–Crippen MR) is 144 cm³/mol. The highest BCUT2D eigenvalue weighted by atomic mass is 35.5. The summed E-state index contributed by atoms with van der Waals surface area (Å²) >= 11 is 6.27. The van der Waals surface area contributed by atoms with E-state index in [9.17, 15) is 4.79 Å². The number of hydrogen-bond donors (Lipinski definition) is 1. The van der Waals surface area contributed by atoms with Gasteiger partial charge in [-0.2, -0.15) is 5.10 Å². The molecule has 36 heavy (non-hydrogen) atoms. The molecule has 1 fully saturated rings. The number of carbonyl (C=O) groups is 1. The minimum Gasteiger partial charge on any atom is -0.493 e. The Labute approximate surface area is 218 Å². The van der Waals surface area contributed by atoms with Crippen LogP contribution in [0.4, 0.5) is 5.82 Å². The number of carbonyl (C=O) groups excluding carboxylic acids is 1. The van der Waals surface area contributed by atoms with Crippen LogP contribution in [0.25, 0.3) is 0 Å². The second-order valence-corrected chi connectivity index (χ2v) is 11.0. The molecule has 5 rings (SSSR count). The number of anilines is 1. The quantitative estimate of drug-likeness (QED) is 0.401. The van der Waals surface area contributed by atoms with E-state index >= 15 is 0 Å². The summed E-state index contributed by atoms with van der Waals surface area (Å²) in [6.07, 6.45) is 5.01. The lowest BCUT2D eigenvalue weighted by Crippen LogP contribution is -2.43. The topological polar surface area (TPSA) is 59.4 Å². The smallest absolute Gasteiger partial charge is 0.256 e. The molecule has 0 saturated heterocycles. The molecule has 0 atom stereocenters. The Balaban J connectivity index is 1.26. The Morgan fingerprint density at radius 2 is 2.00 bits per heavy atom. The van der Waals surface area contributed by atoms with Gasteiger partial charge in [-0.3, -0.25) is 14.4 Å². The summed E-state index contributed by atoms with van der Waals surface area (Å²) in [7, 11) is 0. The number of aryl methyl sites for hydroxylation is 1. The van der Waals surface area contributed by atoms with Gasteiger partial charge in [-0.1, -0.05) is 37.9 Å². The molecule has 0 unspecified atom stereocenters. The van der Waals surface area contributed by atoms with E-state index in [4.69, 9.17) is 16.3 Å². The van der Waals surface area contributed by atoms with Crippen LogP contribution in [0.2, 0.25) is 5.02 Å². The summed E-state index contributed by atoms with van der Waals surface area (Å²) in [5, 5.41) is 8.29. The molecule has 3 aromatic rings. The van der Waals surface area contributed by atoms with Crippen molar-refractivity contribution in [1.82, 2.24) is 14.7 Å². The summed E-state index contributed by atoms with van der Waals surface area (Å²) in [4.78, 5) is 15.6. The van der Waals surface area contributed by atoms with E-state index in [0.717, 1.165) is 42.6 Å². The Morgan fingerprint density at radius 1 is 1.17 bits per heavy atom. The summed E-state index contributed by atoms with van der Waals surface area (Å²) in [5.41, 5.74) is 5.22. The maximum Gasteiger partial charge on any atom is 0.256 e. The van der Waals surface area contributed by atoms with Gasteiger partial charge in [0.15, 0.2) is 5.82 Å². The molecule has 190 valence electrons. The zero-order chi connectivity index (χ0) is 25.2. The average Bonchev–Trinajstić information content (AvgIpc) is 3.15. The largest absolute Gasteiger partial charge is 0.493 e. The molecule has 0 bridgehead atoms. The zero-order valence-corrected chi connectivity index (χ0v) is 22.1. The van der Waals surface area contributed by atoms with Gasteiger partial charge in [0.1, 0.15) is 5.75 Å². The van der Waals surface area contributed by atoms with Crippen LogP contribution in [0.5, 0.6) is 5.75 Å². The molecule has 2 aromatic carbocycles. The van der Waals surface area contributed by atoms with Gasteiger partial charge in [0, 0.05) is 47.0 Å². The summed E-state index contributed by atoms with van der Waals surface area (Å²) in [6.45, 7) is 9.44. The summed E-state index contributed by atoms with van der Waals surface area (Å²) in [6, 6.07) is 14.4. The van der Waals surface area contributed by atoms with Crippen LogP contribution in [0.1, 0.15) is 65.9 Å². The maximum absolute atomic E-state index is 13.0. The Morgan fingerprint density at radius 3 is 2.75 bits per heavy atom. The molecule has 1 N–H and O–H groups in total. The van der Waals surface area contributed by atoms with E-state index in [2.05, 4.69) is 41.3 Å². The van der Waals surface area contributed by atoms with Crippen LogP contribution >= 0.6 is 11.6 Å². The first kappa shape index (κ1) is 24.8. The number of fused-ring (bicyclic) bond motifs is 1. The lowest BCUT2D eigenvalue weighted by molar-refractivity contribution is 0.102. The first-order valence-electron chi connectivity index (χ1n) is 13.0. The van der Waals surface area contributed by atoms with E-state index in [1.807, 2.05) is 41.9 Å². The van der Waals surface area contributed by atoms with E-state index < -0.39 is 0 Å². The number of halogens is 1. The van der Waals surface area contributed by atoms with Gasteiger partial charge in [0.05, 0.1) is 13.2 Å². The highest BCUT2D eigenvalue weighted by Gasteiger charge is 2.28. The highest BCUT2D eigenvalue weighted by molar-refractivity contribution is 6.30. The molecule has 0 spiro atoms. The number of nitrogens with zero attached hydrogens (tertiary/aromatic N) is 3. The lowest BCUT2D eigenvalue weighted by atomic mass is 9.88. The molecule has 0 radical (unpaired) electrons. The van der Waals surface area contributed by atoms with Gasteiger partial charge >= 0.3 is 0 Å². The fourth-order valence-corrected chi connectivity index (χ4v) is 5.12. The van der Waals surface area contributed by atoms with Gasteiger partial charge in [0.25, 0.3) is 5.91 Å². The molecule has 2 heterocycles. The second-order valence-electron chi connectivity index (χ2n) is 10.5. The molecular formula is C29H35ClN4O2. The number of ether oxygens (including phenoxy) is 1. The fourth-order valence-electron chi connectivity index (χ4n) is 4.93. The van der Waals surface area contributed by atoms with Crippen molar-refractivity contribution >= 4 is 23.3 Å². The van der Waals surface area contributed by atoms with Crippen LogP contribution in [-0.2, 0) is 19.5 Å². The minimum absolute atomic E-state index is 0.132. The van der Waals surface area contributed by atoms with Crippen molar-refractivity contribution in [1.29, 1.82) is 0 Å². The molecule has 2 aliphatic rings. The standard InChI is InChI=1S/C29H35ClN4O2/c1-19(2)18-36-27-10-9-25(30)15-24(27)17-34-20(3)13-28(32-34)31-29(35)22-7-8-23-16-33(26-5-4-6-26)12-11-21(23)14-22/h7-10,13-15,19,26H,4-6,11-12,16-18H2,1-3H3,(H,31,32,35). The zero-order valence-electron chi connectivity index (χ0n) is 21.4. The van der Waals surface area contributed by atoms with Gasteiger partial charge in [0.2, 0.25) is 0 Å². The van der Waals surface area contributed by atoms with Crippen molar-refractivity contribution in [2.24, 2.45) is 5.92 Å². The highest BCUT2D eigenvalue weighted by Crippen LogP contribution is 2.30. The third-order valence-corrected chi connectivity index (χ3v) is 7.47. The number of hydrogen-bond acceptors (Lipinski definition) is 4. The SMILES string of the molecule is Cc1cc(NC(=O)c2ccc3c(c2)CCN(C2CCC2)C3)nn1Cc1cc(Cl)ccc1OCC(C)C. The van der Waals surface area contributed by atoms with Crippen LogP contribution < -0.4 is 10.1 Å². The summed E-state index contributed by atoms with van der Waals surface area (Å²) < 4.78 is 7.86. The predicted octanol–water partition coefficient (Wildman–Crippen LogP) is 6.09. The normalized spacial score (nSPS) is 16.0. The van der Waals surface area contributed by atoms with Gasteiger partial charge in [-0.05, 0) is 73.6 Å². The molecule has 1 saturated carbocycles. The van der Waals surface area contributed by atoms with E-state index in [-0.39, 0.29) is 5.91 Å². The van der Waals surface area contributed by atoms with Gasteiger partial charge < -0.3 is 10.1 Å².